The molecule has 1 heterocycles. The monoisotopic (exact) mass is 521 g/mol. The van der Waals surface area contributed by atoms with E-state index in [1.54, 1.807) is 42.1 Å². The summed E-state index contributed by atoms with van der Waals surface area (Å²) in [6.07, 6.45) is 5.23. The first kappa shape index (κ1) is 27.7. The van der Waals surface area contributed by atoms with E-state index in [2.05, 4.69) is 6.92 Å². The smallest absolute Gasteiger partial charge is 0.309 e. The van der Waals surface area contributed by atoms with Crippen molar-refractivity contribution in [2.24, 2.45) is 5.92 Å². The van der Waals surface area contributed by atoms with Gasteiger partial charge in [0.15, 0.2) is 0 Å². The lowest BCUT2D eigenvalue weighted by Gasteiger charge is -2.31. The van der Waals surface area contributed by atoms with Crippen LogP contribution >= 0.6 is 11.8 Å². The zero-order valence-electron chi connectivity index (χ0n) is 20.7. The highest BCUT2D eigenvalue weighted by Crippen LogP contribution is 2.50. The fourth-order valence-corrected chi connectivity index (χ4v) is 8.45. The Morgan fingerprint density at radius 2 is 1.74 bits per heavy atom. The first-order chi connectivity index (χ1) is 16.7. The number of unbranched alkanes of at least 4 members (excludes halogenated alkanes) is 3. The van der Waals surface area contributed by atoms with Crippen LogP contribution in [0.1, 0.15) is 69.5 Å². The van der Waals surface area contributed by atoms with Crippen LogP contribution in [0.25, 0.3) is 0 Å². The van der Waals surface area contributed by atoms with E-state index in [-0.39, 0.29) is 4.90 Å². The third-order valence-electron chi connectivity index (χ3n) is 6.66. The molecule has 192 valence electrons. The second-order valence-corrected chi connectivity index (χ2v) is 12.4. The average Bonchev–Trinajstić information content (AvgIpc) is 3.16. The molecule has 4 atom stereocenters. The van der Waals surface area contributed by atoms with Crippen molar-refractivity contribution in [3.8, 4) is 0 Å². The van der Waals surface area contributed by atoms with Crippen LogP contribution in [0.15, 0.2) is 53.4 Å². The molecule has 1 aliphatic heterocycles. The van der Waals surface area contributed by atoms with Crippen LogP contribution in [0.5, 0.6) is 0 Å². The summed E-state index contributed by atoms with van der Waals surface area (Å²) in [5.41, 5.74) is 1.31. The Hall–Kier alpha value is -1.90. The molecule has 0 amide bonds. The summed E-state index contributed by atoms with van der Waals surface area (Å²) >= 11 is 1.56. The Labute approximate surface area is 213 Å². The van der Waals surface area contributed by atoms with Crippen molar-refractivity contribution in [3.05, 3.63) is 65.5 Å². The zero-order chi connectivity index (χ0) is 25.6. The molecule has 0 saturated carbocycles. The topological polar surface area (TPSA) is 74.7 Å². The molecule has 8 heteroatoms. The highest BCUT2D eigenvalue weighted by atomic mass is 32.2. The molecule has 1 fully saturated rings. The first-order valence-corrected chi connectivity index (χ1v) is 14.9. The Morgan fingerprint density at radius 3 is 2.34 bits per heavy atom. The van der Waals surface area contributed by atoms with Gasteiger partial charge in [-0.25, -0.2) is 12.8 Å². The Kier molecular flexibility index (Phi) is 9.78. The van der Waals surface area contributed by atoms with Gasteiger partial charge in [-0.1, -0.05) is 69.4 Å². The Morgan fingerprint density at radius 1 is 1.06 bits per heavy atom. The summed E-state index contributed by atoms with van der Waals surface area (Å²) in [5.74, 6) is -1.77. The van der Waals surface area contributed by atoms with E-state index >= 15 is 0 Å². The number of carboxylic acids is 1. The molecule has 3 rings (SSSR count). The molecule has 2 aromatic rings. The molecule has 1 saturated heterocycles. The number of aliphatic carboxylic acids is 1. The highest BCUT2D eigenvalue weighted by Gasteiger charge is 2.57. The lowest BCUT2D eigenvalue weighted by atomic mass is 9.92. The molecule has 1 aliphatic rings. The number of sulfonamides is 1. The first-order valence-electron chi connectivity index (χ1n) is 12.4. The molecule has 0 spiro atoms. The van der Waals surface area contributed by atoms with Gasteiger partial charge < -0.3 is 5.11 Å². The van der Waals surface area contributed by atoms with Crippen molar-refractivity contribution in [1.82, 2.24) is 4.31 Å². The van der Waals surface area contributed by atoms with Gasteiger partial charge in [0.2, 0.25) is 10.0 Å². The number of carboxylic acid groups (broad SMARTS) is 1. The minimum Gasteiger partial charge on any atom is -0.481 e. The molecule has 2 unspecified atom stereocenters. The van der Waals surface area contributed by atoms with Crippen LogP contribution < -0.4 is 0 Å². The highest BCUT2D eigenvalue weighted by molar-refractivity contribution is 8.00. The van der Waals surface area contributed by atoms with E-state index in [9.17, 15) is 22.7 Å². The number of carbonyl (C=O) groups is 1. The minimum atomic E-state index is -4.05. The van der Waals surface area contributed by atoms with Gasteiger partial charge in [-0.05, 0) is 55.3 Å². The average molecular weight is 522 g/mol. The van der Waals surface area contributed by atoms with Crippen LogP contribution in [-0.2, 0) is 14.8 Å². The van der Waals surface area contributed by atoms with Gasteiger partial charge in [0.25, 0.3) is 0 Å². The number of benzene rings is 2. The van der Waals surface area contributed by atoms with E-state index in [1.807, 2.05) is 13.8 Å². The van der Waals surface area contributed by atoms with Crippen LogP contribution in [0, 0.1) is 18.7 Å². The molecule has 5 nitrogen and oxygen atoms in total. The predicted molar refractivity (Wildman–Crippen MR) is 140 cm³/mol. The van der Waals surface area contributed by atoms with Crippen LogP contribution in [0.4, 0.5) is 4.39 Å². The van der Waals surface area contributed by atoms with Gasteiger partial charge in [0, 0.05) is 11.3 Å². The standard InChI is InChI=1S/C27H36FNO4S2/c1-4-6-8-17-34-26-23(12-7-5-2)29(35(32,33)22-15-13-19(3)14-16-22)25(24(26)27(30)31)20-10-9-11-21(28)18-20/h9-11,13-16,18,23-26H,4-8,12,17H2,1-3H3,(H,30,31)/t23?,24-,25?,26+/m0/s1. The fraction of sp³-hybridized carbons (Fsp3) is 0.519. The molecule has 0 aromatic heterocycles. The predicted octanol–water partition coefficient (Wildman–Crippen LogP) is 6.43. The SMILES string of the molecule is CCCCCS[C@@H]1C(CCCC)N(S(=O)(=O)c2ccc(C)cc2)C(c2cccc(F)c2)[C@@H]1C(=O)O. The summed E-state index contributed by atoms with van der Waals surface area (Å²) in [6, 6.07) is 10.9. The molecule has 1 N–H and O–H groups in total. The van der Waals surface area contributed by atoms with Gasteiger partial charge in [-0.3, -0.25) is 4.79 Å². The normalized spacial score (nSPS) is 23.0. The van der Waals surface area contributed by atoms with Gasteiger partial charge in [0.05, 0.1) is 16.9 Å². The second-order valence-electron chi connectivity index (χ2n) is 9.26. The van der Waals surface area contributed by atoms with Crippen molar-refractivity contribution in [2.75, 3.05) is 5.75 Å². The molecule has 0 radical (unpaired) electrons. The maximum atomic E-state index is 14.3. The van der Waals surface area contributed by atoms with Gasteiger partial charge in [0.1, 0.15) is 5.82 Å². The van der Waals surface area contributed by atoms with Gasteiger partial charge in [-0.15, -0.1) is 0 Å². The minimum absolute atomic E-state index is 0.131. The van der Waals surface area contributed by atoms with Crippen molar-refractivity contribution < 1.29 is 22.7 Å². The summed E-state index contributed by atoms with van der Waals surface area (Å²) in [6.45, 7) is 6.03. The van der Waals surface area contributed by atoms with Crippen LogP contribution in [0.3, 0.4) is 0 Å². The molecule has 35 heavy (non-hydrogen) atoms. The number of rotatable bonds is 12. The van der Waals surface area contributed by atoms with Gasteiger partial charge in [-0.2, -0.15) is 16.1 Å². The van der Waals surface area contributed by atoms with E-state index in [4.69, 9.17) is 0 Å². The Bertz CT molecular complexity index is 1090. The van der Waals surface area contributed by atoms with E-state index in [0.717, 1.165) is 43.4 Å². The summed E-state index contributed by atoms with van der Waals surface area (Å²) in [7, 11) is -4.05. The van der Waals surface area contributed by atoms with Crippen LogP contribution in [-0.4, -0.2) is 40.8 Å². The van der Waals surface area contributed by atoms with Crippen molar-refractivity contribution in [1.29, 1.82) is 0 Å². The molecule has 2 aromatic carbocycles. The number of thioether (sulfide) groups is 1. The maximum Gasteiger partial charge on any atom is 0.309 e. The zero-order valence-corrected chi connectivity index (χ0v) is 22.3. The van der Waals surface area contributed by atoms with E-state index in [1.165, 1.54) is 22.5 Å². The van der Waals surface area contributed by atoms with Gasteiger partial charge >= 0.3 is 5.97 Å². The quantitative estimate of drug-likeness (QED) is 0.326. The number of aryl methyl sites for hydroxylation is 1. The molecular weight excluding hydrogens is 485 g/mol. The van der Waals surface area contributed by atoms with Crippen molar-refractivity contribution >= 4 is 27.8 Å². The summed E-state index contributed by atoms with van der Waals surface area (Å²) < 4.78 is 43.9. The van der Waals surface area contributed by atoms with Crippen molar-refractivity contribution in [2.45, 2.75) is 81.5 Å². The lowest BCUT2D eigenvalue weighted by molar-refractivity contribution is -0.142. The molecule has 0 aliphatic carbocycles. The van der Waals surface area contributed by atoms with Crippen molar-refractivity contribution in [3.63, 3.8) is 0 Å². The fourth-order valence-electron chi connectivity index (χ4n) is 4.90. The third kappa shape index (κ3) is 6.27. The molecule has 0 bridgehead atoms. The number of halogens is 1. The molecular formula is C27H36FNO4S2. The van der Waals surface area contributed by atoms with E-state index < -0.39 is 45.1 Å². The summed E-state index contributed by atoms with van der Waals surface area (Å²) in [4.78, 5) is 12.8. The number of nitrogens with zero attached hydrogens (tertiary/aromatic N) is 1. The number of hydrogen-bond acceptors (Lipinski definition) is 4. The maximum absolute atomic E-state index is 14.3. The third-order valence-corrected chi connectivity index (χ3v) is 10.1. The largest absolute Gasteiger partial charge is 0.481 e. The van der Waals surface area contributed by atoms with E-state index in [0.29, 0.717) is 12.0 Å². The Balaban J connectivity index is 2.17. The second kappa shape index (κ2) is 12.4. The number of hydrogen-bond donors (Lipinski definition) is 1. The van der Waals surface area contributed by atoms with Crippen LogP contribution in [0.2, 0.25) is 0 Å². The summed E-state index contributed by atoms with van der Waals surface area (Å²) in [5, 5.41) is 9.97. The lowest BCUT2D eigenvalue weighted by Crippen LogP contribution is -2.40.